The van der Waals surface area contributed by atoms with Crippen LogP contribution >= 0.6 is 0 Å². The van der Waals surface area contributed by atoms with Crippen molar-refractivity contribution in [2.24, 2.45) is 4.99 Å². The van der Waals surface area contributed by atoms with Gasteiger partial charge in [0.1, 0.15) is 6.61 Å². The summed E-state index contributed by atoms with van der Waals surface area (Å²) in [4.78, 5) is 6.44. The van der Waals surface area contributed by atoms with E-state index in [1.165, 1.54) is 6.07 Å². The van der Waals surface area contributed by atoms with E-state index in [9.17, 15) is 8.60 Å². The summed E-state index contributed by atoms with van der Waals surface area (Å²) >= 11 is 0. The van der Waals surface area contributed by atoms with E-state index in [2.05, 4.69) is 10.3 Å². The molecule has 0 aliphatic rings. The Bertz CT molecular complexity index is 588. The monoisotopic (exact) mass is 371 g/mol. The summed E-state index contributed by atoms with van der Waals surface area (Å²) in [5.41, 5.74) is 0. The fourth-order valence-corrected chi connectivity index (χ4v) is 2.84. The quantitative estimate of drug-likeness (QED) is 0.564. The lowest BCUT2D eigenvalue weighted by Gasteiger charge is -2.22. The number of rotatable bonds is 8. The van der Waals surface area contributed by atoms with Crippen LogP contribution in [0.1, 0.15) is 27.7 Å². The van der Waals surface area contributed by atoms with Crippen molar-refractivity contribution in [1.82, 2.24) is 10.2 Å². The van der Waals surface area contributed by atoms with Crippen LogP contribution in [0.3, 0.4) is 0 Å². The molecule has 1 unspecified atom stereocenters. The van der Waals surface area contributed by atoms with Crippen LogP contribution in [-0.4, -0.2) is 58.9 Å². The highest BCUT2D eigenvalue weighted by atomic mass is 32.2. The van der Waals surface area contributed by atoms with Crippen molar-refractivity contribution in [3.63, 3.8) is 0 Å². The van der Waals surface area contributed by atoms with Gasteiger partial charge in [-0.15, -0.1) is 0 Å². The number of benzene rings is 1. The minimum Gasteiger partial charge on any atom is -0.489 e. The summed E-state index contributed by atoms with van der Waals surface area (Å²) in [6, 6.07) is 6.35. The van der Waals surface area contributed by atoms with E-state index in [-0.39, 0.29) is 16.3 Å². The maximum Gasteiger partial charge on any atom is 0.193 e. The Hall–Kier alpha value is -1.63. The van der Waals surface area contributed by atoms with Gasteiger partial charge in [-0.2, -0.15) is 0 Å². The average Bonchev–Trinajstić information content (AvgIpc) is 2.54. The zero-order chi connectivity index (χ0) is 18.9. The molecule has 0 aromatic heterocycles. The molecule has 142 valence electrons. The maximum atomic E-state index is 13.5. The normalized spacial score (nSPS) is 13.4. The zero-order valence-corrected chi connectivity index (χ0v) is 16.7. The predicted molar refractivity (Wildman–Crippen MR) is 103 cm³/mol. The van der Waals surface area contributed by atoms with Gasteiger partial charge in [0.05, 0.1) is 13.1 Å². The molecule has 1 rings (SSSR count). The summed E-state index contributed by atoms with van der Waals surface area (Å²) in [5.74, 6) is 1.14. The van der Waals surface area contributed by atoms with Gasteiger partial charge in [-0.3, -0.25) is 9.20 Å². The Morgan fingerprint density at radius 3 is 2.64 bits per heavy atom. The Balaban J connectivity index is 2.52. The van der Waals surface area contributed by atoms with Crippen molar-refractivity contribution in [2.45, 2.75) is 32.4 Å². The molecule has 0 saturated carbocycles. The van der Waals surface area contributed by atoms with Crippen LogP contribution in [0, 0.1) is 5.82 Å². The van der Waals surface area contributed by atoms with Crippen LogP contribution in [0.15, 0.2) is 29.3 Å². The first-order valence-corrected chi connectivity index (χ1v) is 9.83. The van der Waals surface area contributed by atoms with Crippen molar-refractivity contribution in [2.75, 3.05) is 39.0 Å². The van der Waals surface area contributed by atoms with Gasteiger partial charge in [-0.25, -0.2) is 4.39 Å². The highest BCUT2D eigenvalue weighted by molar-refractivity contribution is 7.86. The molecule has 1 N–H and O–H groups in total. The number of nitrogens with one attached hydrogen (secondary N) is 1. The van der Waals surface area contributed by atoms with E-state index in [0.717, 1.165) is 12.5 Å². The Morgan fingerprint density at radius 1 is 1.36 bits per heavy atom. The van der Waals surface area contributed by atoms with Crippen LogP contribution in [0.4, 0.5) is 4.39 Å². The van der Waals surface area contributed by atoms with E-state index in [4.69, 9.17) is 4.74 Å². The molecule has 0 spiro atoms. The minimum atomic E-state index is -0.924. The molecule has 0 heterocycles. The first-order chi connectivity index (χ1) is 11.8. The van der Waals surface area contributed by atoms with E-state index < -0.39 is 10.8 Å². The zero-order valence-electron chi connectivity index (χ0n) is 15.8. The van der Waals surface area contributed by atoms with Gasteiger partial charge in [0.2, 0.25) is 0 Å². The second-order valence-corrected chi connectivity index (χ2v) is 8.92. The summed E-state index contributed by atoms with van der Waals surface area (Å²) in [7, 11) is 0.972. The topological polar surface area (TPSA) is 53.9 Å². The van der Waals surface area contributed by atoms with Crippen LogP contribution in [-0.2, 0) is 10.8 Å². The van der Waals surface area contributed by atoms with Gasteiger partial charge < -0.3 is 15.0 Å². The van der Waals surface area contributed by atoms with Gasteiger partial charge in [0, 0.05) is 34.9 Å². The SMILES string of the molecule is CCNC(=NCCS(=O)C(C)(C)C)N(C)CCOc1ccccc1F. The highest BCUT2D eigenvalue weighted by Crippen LogP contribution is 2.15. The Morgan fingerprint density at radius 2 is 2.04 bits per heavy atom. The van der Waals surface area contributed by atoms with Gasteiger partial charge in [-0.05, 0) is 39.8 Å². The Kier molecular flexibility index (Phi) is 8.89. The van der Waals surface area contributed by atoms with Gasteiger partial charge in [0.15, 0.2) is 17.5 Å². The van der Waals surface area contributed by atoms with Crippen molar-refractivity contribution >= 4 is 16.8 Å². The number of para-hydroxylation sites is 1. The molecular formula is C18H30FN3O2S. The average molecular weight is 372 g/mol. The second-order valence-electron chi connectivity index (χ2n) is 6.60. The molecule has 0 amide bonds. The summed E-state index contributed by atoms with van der Waals surface area (Å²) in [6.45, 7) is 10.0. The van der Waals surface area contributed by atoms with Crippen molar-refractivity contribution in [3.8, 4) is 5.75 Å². The number of aliphatic imine (C=N–C) groups is 1. The molecule has 1 aromatic rings. The molecule has 7 heteroatoms. The molecule has 1 atom stereocenters. The standard InChI is InChI=1S/C18H30FN3O2S/c1-6-20-17(21-11-14-25(23)18(2,3)4)22(5)12-13-24-16-10-8-7-9-15(16)19/h7-10H,6,11-14H2,1-5H3,(H,20,21). The van der Waals surface area contributed by atoms with Crippen LogP contribution < -0.4 is 10.1 Å². The number of nitrogens with zero attached hydrogens (tertiary/aromatic N) is 2. The largest absolute Gasteiger partial charge is 0.489 e. The molecular weight excluding hydrogens is 341 g/mol. The first-order valence-electron chi connectivity index (χ1n) is 8.51. The van der Waals surface area contributed by atoms with Crippen LogP contribution in [0.5, 0.6) is 5.75 Å². The lowest BCUT2D eigenvalue weighted by atomic mass is 10.3. The number of likely N-dealkylation sites (N-methyl/N-ethyl adjacent to an activating group) is 1. The number of guanidine groups is 1. The summed E-state index contributed by atoms with van der Waals surface area (Å²) < 4.78 is 30.9. The molecule has 0 fully saturated rings. The van der Waals surface area contributed by atoms with E-state index >= 15 is 0 Å². The number of hydrogen-bond acceptors (Lipinski definition) is 3. The van der Waals surface area contributed by atoms with Crippen LogP contribution in [0.25, 0.3) is 0 Å². The molecule has 0 bridgehead atoms. The molecule has 1 aromatic carbocycles. The lowest BCUT2D eigenvalue weighted by Crippen LogP contribution is -2.41. The van der Waals surface area contributed by atoms with Gasteiger partial charge in [0.25, 0.3) is 0 Å². The summed E-state index contributed by atoms with van der Waals surface area (Å²) in [6.07, 6.45) is 0. The highest BCUT2D eigenvalue weighted by Gasteiger charge is 2.18. The fourth-order valence-electron chi connectivity index (χ4n) is 1.97. The van der Waals surface area contributed by atoms with Gasteiger partial charge in [-0.1, -0.05) is 12.1 Å². The molecule has 5 nitrogen and oxygen atoms in total. The third-order valence-electron chi connectivity index (χ3n) is 3.44. The molecule has 0 radical (unpaired) electrons. The Labute approximate surface area is 153 Å². The van der Waals surface area contributed by atoms with Crippen molar-refractivity contribution in [1.29, 1.82) is 0 Å². The maximum absolute atomic E-state index is 13.5. The molecule has 25 heavy (non-hydrogen) atoms. The smallest absolute Gasteiger partial charge is 0.193 e. The second kappa shape index (κ2) is 10.4. The molecule has 0 aliphatic carbocycles. The lowest BCUT2D eigenvalue weighted by molar-refractivity contribution is 0.270. The van der Waals surface area contributed by atoms with Gasteiger partial charge >= 0.3 is 0 Å². The number of halogens is 1. The molecule has 0 aliphatic heterocycles. The van der Waals surface area contributed by atoms with Crippen molar-refractivity contribution in [3.05, 3.63) is 30.1 Å². The third-order valence-corrected chi connectivity index (χ3v) is 5.36. The minimum absolute atomic E-state index is 0.229. The molecule has 0 saturated heterocycles. The van der Waals surface area contributed by atoms with E-state index in [1.807, 2.05) is 39.6 Å². The van der Waals surface area contributed by atoms with Crippen LogP contribution in [0.2, 0.25) is 0 Å². The number of hydrogen-bond donors (Lipinski definition) is 1. The van der Waals surface area contributed by atoms with E-state index in [0.29, 0.717) is 25.4 Å². The predicted octanol–water partition coefficient (Wildman–Crippen LogP) is 2.65. The third kappa shape index (κ3) is 7.86. The van der Waals surface area contributed by atoms with Crippen molar-refractivity contribution < 1.29 is 13.3 Å². The van der Waals surface area contributed by atoms with E-state index in [1.54, 1.807) is 18.2 Å². The first kappa shape index (κ1) is 21.4. The summed E-state index contributed by atoms with van der Waals surface area (Å²) in [5, 5.41) is 3.20. The fraction of sp³-hybridized carbons (Fsp3) is 0.611. The number of ether oxygens (including phenoxy) is 1.